The summed E-state index contributed by atoms with van der Waals surface area (Å²) in [7, 11) is 0. The fraction of sp³-hybridized carbons (Fsp3) is 0.130. The SMILES string of the molecule is O=C1CCC(=O)N1Cc1ccc(-c2ccccc2)c(-c2ccccc2)c1F. The van der Waals surface area contributed by atoms with Gasteiger partial charge in [-0.3, -0.25) is 14.5 Å². The molecule has 0 aromatic heterocycles. The Morgan fingerprint density at radius 3 is 1.89 bits per heavy atom. The lowest BCUT2D eigenvalue weighted by Gasteiger charge is -2.18. The first-order valence-corrected chi connectivity index (χ1v) is 8.90. The van der Waals surface area contributed by atoms with E-state index >= 15 is 4.39 Å². The highest BCUT2D eigenvalue weighted by atomic mass is 19.1. The van der Waals surface area contributed by atoms with E-state index in [4.69, 9.17) is 0 Å². The number of rotatable bonds is 4. The van der Waals surface area contributed by atoms with Gasteiger partial charge in [-0.25, -0.2) is 4.39 Å². The summed E-state index contributed by atoms with van der Waals surface area (Å²) in [5, 5.41) is 0. The van der Waals surface area contributed by atoms with Gasteiger partial charge >= 0.3 is 0 Å². The molecule has 0 bridgehead atoms. The predicted octanol–water partition coefficient (Wildman–Crippen LogP) is 4.81. The molecule has 134 valence electrons. The van der Waals surface area contributed by atoms with Crippen LogP contribution in [-0.2, 0) is 16.1 Å². The molecule has 0 saturated carbocycles. The van der Waals surface area contributed by atoms with Gasteiger partial charge in [0.25, 0.3) is 0 Å². The Hall–Kier alpha value is -3.27. The average molecular weight is 359 g/mol. The summed E-state index contributed by atoms with van der Waals surface area (Å²) in [6.45, 7) is -0.0294. The number of carbonyl (C=O) groups is 2. The molecule has 2 amide bonds. The van der Waals surface area contributed by atoms with Gasteiger partial charge in [0.1, 0.15) is 5.82 Å². The van der Waals surface area contributed by atoms with E-state index in [-0.39, 0.29) is 31.2 Å². The number of benzene rings is 3. The van der Waals surface area contributed by atoms with Crippen molar-refractivity contribution in [2.75, 3.05) is 0 Å². The van der Waals surface area contributed by atoms with Gasteiger partial charge in [-0.15, -0.1) is 0 Å². The van der Waals surface area contributed by atoms with Crippen LogP contribution in [0.1, 0.15) is 18.4 Å². The second-order valence-electron chi connectivity index (χ2n) is 6.57. The van der Waals surface area contributed by atoms with E-state index in [1.165, 1.54) is 0 Å². The van der Waals surface area contributed by atoms with Gasteiger partial charge in [0, 0.05) is 24.0 Å². The summed E-state index contributed by atoms with van der Waals surface area (Å²) in [5.74, 6) is -0.879. The molecule has 0 aliphatic carbocycles. The number of imide groups is 1. The monoisotopic (exact) mass is 359 g/mol. The van der Waals surface area contributed by atoms with Gasteiger partial charge in [0.15, 0.2) is 0 Å². The van der Waals surface area contributed by atoms with Crippen LogP contribution in [0.3, 0.4) is 0 Å². The minimum atomic E-state index is -0.393. The lowest BCUT2D eigenvalue weighted by atomic mass is 9.92. The second kappa shape index (κ2) is 7.16. The van der Waals surface area contributed by atoms with Crippen LogP contribution in [0.5, 0.6) is 0 Å². The highest BCUT2D eigenvalue weighted by Gasteiger charge is 2.30. The molecule has 0 spiro atoms. The molecule has 3 aromatic carbocycles. The van der Waals surface area contributed by atoms with Crippen molar-refractivity contribution >= 4 is 11.8 Å². The summed E-state index contributed by atoms with van der Waals surface area (Å²) in [5.41, 5.74) is 3.28. The Morgan fingerprint density at radius 1 is 0.741 bits per heavy atom. The Kier molecular flexibility index (Phi) is 4.55. The normalized spacial score (nSPS) is 14.0. The van der Waals surface area contributed by atoms with E-state index in [9.17, 15) is 9.59 Å². The quantitative estimate of drug-likeness (QED) is 0.627. The van der Waals surface area contributed by atoms with Crippen molar-refractivity contribution < 1.29 is 14.0 Å². The molecule has 1 fully saturated rings. The van der Waals surface area contributed by atoms with Crippen molar-refractivity contribution in [3.05, 3.63) is 84.2 Å². The fourth-order valence-corrected chi connectivity index (χ4v) is 3.46. The molecule has 3 nitrogen and oxygen atoms in total. The second-order valence-corrected chi connectivity index (χ2v) is 6.57. The molecule has 4 heteroatoms. The van der Waals surface area contributed by atoms with Crippen molar-refractivity contribution in [1.82, 2.24) is 4.90 Å². The van der Waals surface area contributed by atoms with E-state index in [1.807, 2.05) is 66.7 Å². The van der Waals surface area contributed by atoms with Gasteiger partial charge in [-0.2, -0.15) is 0 Å². The Bertz CT molecular complexity index is 984. The summed E-state index contributed by atoms with van der Waals surface area (Å²) in [6.07, 6.45) is 0.405. The van der Waals surface area contributed by atoms with E-state index in [1.54, 1.807) is 6.07 Å². The highest BCUT2D eigenvalue weighted by molar-refractivity contribution is 6.01. The van der Waals surface area contributed by atoms with E-state index in [0.717, 1.165) is 21.6 Å². The zero-order chi connectivity index (χ0) is 18.8. The number of likely N-dealkylation sites (tertiary alicyclic amines) is 1. The van der Waals surface area contributed by atoms with Crippen LogP contribution in [0.4, 0.5) is 4.39 Å². The Morgan fingerprint density at radius 2 is 1.30 bits per heavy atom. The minimum Gasteiger partial charge on any atom is -0.278 e. The number of nitrogens with zero attached hydrogens (tertiary/aromatic N) is 1. The van der Waals surface area contributed by atoms with Crippen molar-refractivity contribution in [2.45, 2.75) is 19.4 Å². The van der Waals surface area contributed by atoms with Crippen LogP contribution in [-0.4, -0.2) is 16.7 Å². The molecular weight excluding hydrogens is 341 g/mol. The maximum Gasteiger partial charge on any atom is 0.229 e. The van der Waals surface area contributed by atoms with Crippen LogP contribution in [0, 0.1) is 5.82 Å². The summed E-state index contributed by atoms with van der Waals surface area (Å²) >= 11 is 0. The zero-order valence-corrected chi connectivity index (χ0v) is 14.7. The number of hydrogen-bond acceptors (Lipinski definition) is 2. The molecule has 0 N–H and O–H groups in total. The number of carbonyl (C=O) groups excluding carboxylic acids is 2. The van der Waals surface area contributed by atoms with Gasteiger partial charge in [0.2, 0.25) is 11.8 Å². The Balaban J connectivity index is 1.84. The Labute approximate surface area is 157 Å². The molecule has 3 aromatic rings. The maximum absolute atomic E-state index is 15.6. The summed E-state index contributed by atoms with van der Waals surface area (Å²) in [4.78, 5) is 25.0. The van der Waals surface area contributed by atoms with Crippen molar-refractivity contribution in [1.29, 1.82) is 0 Å². The molecule has 1 aliphatic heterocycles. The molecular formula is C23H18FNO2. The standard InChI is InChI=1S/C23H18FNO2/c24-23-18(15-25-20(26)13-14-21(25)27)11-12-19(16-7-3-1-4-8-16)22(23)17-9-5-2-6-10-17/h1-12H,13-15H2. The van der Waals surface area contributed by atoms with Crippen LogP contribution in [0.2, 0.25) is 0 Å². The first-order valence-electron chi connectivity index (χ1n) is 8.90. The largest absolute Gasteiger partial charge is 0.278 e. The smallest absolute Gasteiger partial charge is 0.229 e. The molecule has 1 saturated heterocycles. The first kappa shape index (κ1) is 17.2. The molecule has 4 rings (SSSR count). The van der Waals surface area contributed by atoms with Gasteiger partial charge in [-0.05, 0) is 16.7 Å². The molecule has 0 atom stereocenters. The molecule has 1 heterocycles. The van der Waals surface area contributed by atoms with Gasteiger partial charge in [-0.1, -0.05) is 72.8 Å². The third-order valence-electron chi connectivity index (χ3n) is 4.85. The summed E-state index contributed by atoms with van der Waals surface area (Å²) < 4.78 is 15.6. The lowest BCUT2D eigenvalue weighted by Crippen LogP contribution is -2.28. The van der Waals surface area contributed by atoms with Crippen LogP contribution in [0.15, 0.2) is 72.8 Å². The van der Waals surface area contributed by atoms with E-state index in [2.05, 4.69) is 0 Å². The van der Waals surface area contributed by atoms with Crippen LogP contribution < -0.4 is 0 Å². The van der Waals surface area contributed by atoms with Crippen molar-refractivity contribution in [3.63, 3.8) is 0 Å². The van der Waals surface area contributed by atoms with Crippen LogP contribution >= 0.6 is 0 Å². The van der Waals surface area contributed by atoms with Crippen LogP contribution in [0.25, 0.3) is 22.3 Å². The topological polar surface area (TPSA) is 37.4 Å². The third-order valence-corrected chi connectivity index (χ3v) is 4.85. The first-order chi connectivity index (χ1) is 13.1. The number of hydrogen-bond donors (Lipinski definition) is 0. The molecule has 0 radical (unpaired) electrons. The average Bonchev–Trinajstić information content (AvgIpc) is 3.02. The molecule has 0 unspecified atom stereocenters. The fourth-order valence-electron chi connectivity index (χ4n) is 3.46. The van der Waals surface area contributed by atoms with E-state index in [0.29, 0.717) is 11.1 Å². The summed E-state index contributed by atoms with van der Waals surface area (Å²) in [6, 6.07) is 22.5. The van der Waals surface area contributed by atoms with Gasteiger partial charge < -0.3 is 0 Å². The number of halogens is 1. The minimum absolute atomic E-state index is 0.0294. The maximum atomic E-state index is 15.6. The third kappa shape index (κ3) is 3.26. The van der Waals surface area contributed by atoms with E-state index < -0.39 is 5.82 Å². The number of amides is 2. The molecule has 27 heavy (non-hydrogen) atoms. The van der Waals surface area contributed by atoms with Crippen molar-refractivity contribution in [3.8, 4) is 22.3 Å². The van der Waals surface area contributed by atoms with Crippen molar-refractivity contribution in [2.24, 2.45) is 0 Å². The lowest BCUT2D eigenvalue weighted by molar-refractivity contribution is -0.139. The zero-order valence-electron chi connectivity index (χ0n) is 14.7. The highest BCUT2D eigenvalue weighted by Crippen LogP contribution is 2.36. The molecule has 1 aliphatic rings. The van der Waals surface area contributed by atoms with Gasteiger partial charge in [0.05, 0.1) is 6.54 Å². The predicted molar refractivity (Wildman–Crippen MR) is 102 cm³/mol.